The number of hydrogen-bond acceptors (Lipinski definition) is 6. The Balaban J connectivity index is 1.72. The molecule has 0 aliphatic heterocycles. The summed E-state index contributed by atoms with van der Waals surface area (Å²) < 4.78 is 5.78. The van der Waals surface area contributed by atoms with E-state index in [-0.39, 0.29) is 11.3 Å². The number of unbranched alkanes of at least 4 members (excludes halogenated alkanes) is 3. The van der Waals surface area contributed by atoms with E-state index in [1.807, 2.05) is 41.8 Å². The lowest BCUT2D eigenvalue weighted by molar-refractivity contribution is 0.277. The number of aromatic nitrogens is 1. The first-order valence-corrected chi connectivity index (χ1v) is 11.5. The monoisotopic (exact) mass is 454 g/mol. The number of phenolic OH excluding ortho intramolecular Hbond substituents is 1. The molecule has 2 aromatic heterocycles. The number of rotatable bonds is 7. The molecule has 2 N–H and O–H groups in total. The quantitative estimate of drug-likeness (QED) is 0.179. The highest BCUT2D eigenvalue weighted by Gasteiger charge is 2.14. The lowest BCUT2D eigenvalue weighted by Gasteiger charge is -2.08. The molecule has 5 nitrogen and oxygen atoms in total. The molecule has 0 bridgehead atoms. The Morgan fingerprint density at radius 2 is 1.90 bits per heavy atom. The predicted molar refractivity (Wildman–Crippen MR) is 125 cm³/mol. The van der Waals surface area contributed by atoms with Crippen LogP contribution in [-0.2, 0) is 6.42 Å². The Morgan fingerprint density at radius 1 is 1.10 bits per heavy atom. The molecule has 4 aromatic rings. The molecule has 0 spiro atoms. The molecular weight excluding hydrogens is 432 g/mol. The molecule has 2 aromatic carbocycles. The van der Waals surface area contributed by atoms with Gasteiger partial charge in [-0.1, -0.05) is 49.9 Å². The number of fused-ring (bicyclic) bond motifs is 1. The van der Waals surface area contributed by atoms with Crippen LogP contribution in [0.25, 0.3) is 32.8 Å². The van der Waals surface area contributed by atoms with Crippen molar-refractivity contribution in [2.45, 2.75) is 39.0 Å². The van der Waals surface area contributed by atoms with Gasteiger partial charge in [-0.25, -0.2) is 4.98 Å². The van der Waals surface area contributed by atoms with Crippen molar-refractivity contribution in [1.82, 2.24) is 4.98 Å². The molecule has 0 saturated carbocycles. The van der Waals surface area contributed by atoms with E-state index in [0.717, 1.165) is 41.5 Å². The molecule has 0 fully saturated rings. The van der Waals surface area contributed by atoms with E-state index in [1.165, 1.54) is 24.2 Å². The Hall–Kier alpha value is -2.83. The SMILES string of the molecule is CCCCCCc1cc2cc(-c3nc(-c4ccc(Cl)cc4)cs3)c(=NO)oc2cc1O. The molecule has 31 heavy (non-hydrogen) atoms. The Labute approximate surface area is 189 Å². The molecule has 0 radical (unpaired) electrons. The van der Waals surface area contributed by atoms with E-state index in [9.17, 15) is 10.3 Å². The van der Waals surface area contributed by atoms with Gasteiger partial charge in [0.25, 0.3) is 5.55 Å². The van der Waals surface area contributed by atoms with Crippen LogP contribution in [0.5, 0.6) is 5.75 Å². The first-order chi connectivity index (χ1) is 15.1. The number of hydrogen-bond donors (Lipinski definition) is 2. The molecule has 0 saturated heterocycles. The number of thiazole rings is 1. The summed E-state index contributed by atoms with van der Waals surface area (Å²) in [6, 6.07) is 12.9. The van der Waals surface area contributed by atoms with E-state index in [4.69, 9.17) is 21.0 Å². The minimum Gasteiger partial charge on any atom is -0.508 e. The maximum absolute atomic E-state index is 10.4. The molecule has 0 aliphatic rings. The highest BCUT2D eigenvalue weighted by atomic mass is 35.5. The van der Waals surface area contributed by atoms with Gasteiger partial charge in [0.2, 0.25) is 0 Å². The fourth-order valence-electron chi connectivity index (χ4n) is 3.53. The van der Waals surface area contributed by atoms with Crippen LogP contribution >= 0.6 is 22.9 Å². The van der Waals surface area contributed by atoms with Crippen LogP contribution in [0.2, 0.25) is 5.02 Å². The number of benzene rings is 2. The van der Waals surface area contributed by atoms with Gasteiger partial charge >= 0.3 is 0 Å². The first kappa shape index (κ1) is 21.4. The summed E-state index contributed by atoms with van der Waals surface area (Å²) in [7, 11) is 0. The second kappa shape index (κ2) is 9.54. The zero-order valence-electron chi connectivity index (χ0n) is 17.1. The molecule has 0 aliphatic carbocycles. The summed E-state index contributed by atoms with van der Waals surface area (Å²) in [4.78, 5) is 4.70. The topological polar surface area (TPSA) is 78.9 Å². The fraction of sp³-hybridized carbons (Fsp3) is 0.250. The molecular formula is C24H23ClN2O3S. The maximum atomic E-state index is 10.4. The molecule has 4 rings (SSSR count). The van der Waals surface area contributed by atoms with Gasteiger partial charge in [-0.2, -0.15) is 0 Å². The minimum absolute atomic E-state index is 0.0552. The zero-order valence-corrected chi connectivity index (χ0v) is 18.7. The van der Waals surface area contributed by atoms with Gasteiger partial charge in [0.1, 0.15) is 16.3 Å². The Morgan fingerprint density at radius 3 is 2.65 bits per heavy atom. The largest absolute Gasteiger partial charge is 0.508 e. The minimum atomic E-state index is 0.0552. The van der Waals surface area contributed by atoms with E-state index in [2.05, 4.69) is 12.1 Å². The van der Waals surface area contributed by atoms with Gasteiger partial charge in [-0.3, -0.25) is 0 Å². The second-order valence-electron chi connectivity index (χ2n) is 7.44. The zero-order chi connectivity index (χ0) is 21.8. The third-order valence-corrected chi connectivity index (χ3v) is 6.34. The van der Waals surface area contributed by atoms with E-state index >= 15 is 0 Å². The van der Waals surface area contributed by atoms with Gasteiger partial charge in [0.05, 0.1) is 11.3 Å². The predicted octanol–water partition coefficient (Wildman–Crippen LogP) is 7.00. The van der Waals surface area contributed by atoms with Crippen molar-refractivity contribution in [3.63, 3.8) is 0 Å². The second-order valence-corrected chi connectivity index (χ2v) is 8.73. The number of nitrogens with zero attached hydrogens (tertiary/aromatic N) is 2. The Bertz CT molecular complexity index is 1260. The summed E-state index contributed by atoms with van der Waals surface area (Å²) >= 11 is 7.42. The average Bonchev–Trinajstić information content (AvgIpc) is 3.26. The van der Waals surface area contributed by atoms with Crippen molar-refractivity contribution in [2.24, 2.45) is 5.16 Å². The number of phenols is 1. The molecule has 0 amide bonds. The van der Waals surface area contributed by atoms with Gasteiger partial charge in [0, 0.05) is 27.4 Å². The Kier molecular flexibility index (Phi) is 6.59. The van der Waals surface area contributed by atoms with Gasteiger partial charge in [0.15, 0.2) is 0 Å². The summed E-state index contributed by atoms with van der Waals surface area (Å²) in [5.41, 5.74) is 3.76. The van der Waals surface area contributed by atoms with Gasteiger partial charge < -0.3 is 14.7 Å². The number of aryl methyl sites for hydroxylation is 1. The van der Waals surface area contributed by atoms with Crippen molar-refractivity contribution in [2.75, 3.05) is 0 Å². The van der Waals surface area contributed by atoms with Crippen LogP contribution in [0.4, 0.5) is 0 Å². The number of aromatic hydroxyl groups is 1. The van der Waals surface area contributed by atoms with Crippen LogP contribution in [0, 0.1) is 0 Å². The highest BCUT2D eigenvalue weighted by molar-refractivity contribution is 7.13. The van der Waals surface area contributed by atoms with E-state index in [0.29, 0.717) is 21.2 Å². The molecule has 160 valence electrons. The van der Waals surface area contributed by atoms with Gasteiger partial charge in [-0.15, -0.1) is 11.3 Å². The van der Waals surface area contributed by atoms with Crippen LogP contribution in [0.3, 0.4) is 0 Å². The third kappa shape index (κ3) is 4.75. The van der Waals surface area contributed by atoms with Crippen molar-refractivity contribution in [1.29, 1.82) is 0 Å². The van der Waals surface area contributed by atoms with Crippen molar-refractivity contribution < 1.29 is 14.7 Å². The van der Waals surface area contributed by atoms with Crippen LogP contribution in [0.1, 0.15) is 38.2 Å². The van der Waals surface area contributed by atoms with Crippen LogP contribution < -0.4 is 5.55 Å². The lowest BCUT2D eigenvalue weighted by Crippen LogP contribution is -2.05. The summed E-state index contributed by atoms with van der Waals surface area (Å²) in [5, 5.41) is 27.3. The molecule has 0 unspecified atom stereocenters. The molecule has 7 heteroatoms. The summed E-state index contributed by atoms with van der Waals surface area (Å²) in [6.07, 6.45) is 5.33. The normalized spacial score (nSPS) is 12.0. The fourth-order valence-corrected chi connectivity index (χ4v) is 4.49. The van der Waals surface area contributed by atoms with Crippen LogP contribution in [0.15, 0.2) is 57.4 Å². The molecule has 0 atom stereocenters. The third-order valence-electron chi connectivity index (χ3n) is 5.21. The van der Waals surface area contributed by atoms with Crippen molar-refractivity contribution >= 4 is 33.9 Å². The first-order valence-electron chi connectivity index (χ1n) is 10.3. The average molecular weight is 455 g/mol. The number of halogens is 1. The van der Waals surface area contributed by atoms with Crippen molar-refractivity contribution in [3.8, 4) is 27.6 Å². The van der Waals surface area contributed by atoms with Crippen molar-refractivity contribution in [3.05, 3.63) is 64.0 Å². The summed E-state index contributed by atoms with van der Waals surface area (Å²) in [5.74, 6) is 0.198. The lowest BCUT2D eigenvalue weighted by atomic mass is 10.0. The standard InChI is InChI=1S/C24H23ClN2O3S/c1-2-3-4-5-6-16-11-17-12-19(23(27-29)30-22(17)13-21(16)28)24-26-20(14-31-24)15-7-9-18(25)10-8-15/h7-14,28-29H,2-6H2,1H3. The summed E-state index contributed by atoms with van der Waals surface area (Å²) in [6.45, 7) is 2.18. The van der Waals surface area contributed by atoms with E-state index < -0.39 is 0 Å². The smallest absolute Gasteiger partial charge is 0.265 e. The van der Waals surface area contributed by atoms with E-state index in [1.54, 1.807) is 6.07 Å². The highest BCUT2D eigenvalue weighted by Crippen LogP contribution is 2.31. The van der Waals surface area contributed by atoms with Crippen LogP contribution in [-0.4, -0.2) is 15.3 Å². The maximum Gasteiger partial charge on any atom is 0.265 e. The van der Waals surface area contributed by atoms with Gasteiger partial charge in [-0.05, 0) is 47.8 Å². The molecule has 2 heterocycles.